The summed E-state index contributed by atoms with van der Waals surface area (Å²) >= 11 is 0. The Morgan fingerprint density at radius 1 is 1.27 bits per heavy atom. The zero-order chi connectivity index (χ0) is 10.9. The second-order valence-corrected chi connectivity index (χ2v) is 4.45. The van der Waals surface area contributed by atoms with Crippen LogP contribution < -0.4 is 11.1 Å². The molecule has 0 bridgehead atoms. The first-order chi connectivity index (χ1) is 7.33. The molecule has 0 atom stereocenters. The van der Waals surface area contributed by atoms with E-state index in [1.807, 2.05) is 0 Å². The van der Waals surface area contributed by atoms with E-state index in [4.69, 9.17) is 5.73 Å². The van der Waals surface area contributed by atoms with Crippen molar-refractivity contribution < 1.29 is 0 Å². The van der Waals surface area contributed by atoms with Gasteiger partial charge in [-0.25, -0.2) is 0 Å². The molecule has 0 saturated heterocycles. The van der Waals surface area contributed by atoms with Crippen LogP contribution in [0.4, 0.5) is 0 Å². The zero-order valence-corrected chi connectivity index (χ0v) is 9.97. The molecule has 0 radical (unpaired) electrons. The van der Waals surface area contributed by atoms with Crippen LogP contribution in [-0.2, 0) is 0 Å². The van der Waals surface area contributed by atoms with Crippen molar-refractivity contribution in [2.24, 2.45) is 10.7 Å². The van der Waals surface area contributed by atoms with Gasteiger partial charge in [0.15, 0.2) is 5.96 Å². The minimum atomic E-state index is 0.587. The average Bonchev–Trinajstić information content (AvgIpc) is 2.70. The Morgan fingerprint density at radius 2 is 2.00 bits per heavy atom. The van der Waals surface area contributed by atoms with Gasteiger partial charge in [0.1, 0.15) is 0 Å². The summed E-state index contributed by atoms with van der Waals surface area (Å²) < 4.78 is 0. The van der Waals surface area contributed by atoms with E-state index < -0.39 is 0 Å². The number of nitrogens with one attached hydrogen (secondary N) is 1. The van der Waals surface area contributed by atoms with E-state index in [1.165, 1.54) is 51.4 Å². The normalized spacial score (nSPS) is 18.3. The molecule has 0 spiro atoms. The Bertz CT molecular complexity index is 183. The third kappa shape index (κ3) is 5.65. The van der Waals surface area contributed by atoms with Crippen molar-refractivity contribution in [3.8, 4) is 0 Å². The Kier molecular flexibility index (Phi) is 6.21. The van der Waals surface area contributed by atoms with Crippen LogP contribution in [0.25, 0.3) is 0 Å². The predicted octanol–water partition coefficient (Wildman–Crippen LogP) is 2.41. The molecular formula is C12H25N3. The number of hydrogen-bond acceptors (Lipinski definition) is 1. The lowest BCUT2D eigenvalue weighted by atomic mass is 10.2. The number of unbranched alkanes of at least 4 members (excludes halogenated alkanes) is 3. The highest BCUT2D eigenvalue weighted by atomic mass is 15.1. The van der Waals surface area contributed by atoms with Gasteiger partial charge in [-0.15, -0.1) is 0 Å². The third-order valence-electron chi connectivity index (χ3n) is 3.00. The number of aliphatic imine (C=N–C) groups is 1. The molecule has 1 saturated carbocycles. The quantitative estimate of drug-likeness (QED) is 0.403. The standard InChI is InChI=1S/C12H25N3/c1-2-3-4-7-10-14-12(13)15-11-8-5-6-9-11/h11H,2-10H2,1H3,(H3,13,14,15). The van der Waals surface area contributed by atoms with Crippen LogP contribution in [0.3, 0.4) is 0 Å². The summed E-state index contributed by atoms with van der Waals surface area (Å²) in [6.45, 7) is 3.10. The molecular weight excluding hydrogens is 186 g/mol. The van der Waals surface area contributed by atoms with E-state index in [0.717, 1.165) is 6.54 Å². The number of nitrogens with zero attached hydrogens (tertiary/aromatic N) is 1. The summed E-state index contributed by atoms with van der Waals surface area (Å²) in [6.07, 6.45) is 10.2. The van der Waals surface area contributed by atoms with Crippen LogP contribution in [0.15, 0.2) is 4.99 Å². The molecule has 0 heterocycles. The lowest BCUT2D eigenvalue weighted by Gasteiger charge is -2.12. The van der Waals surface area contributed by atoms with E-state index in [2.05, 4.69) is 17.2 Å². The highest BCUT2D eigenvalue weighted by molar-refractivity contribution is 5.78. The molecule has 0 aromatic carbocycles. The topological polar surface area (TPSA) is 50.4 Å². The SMILES string of the molecule is CCCCCCN=C(N)NC1CCCC1. The van der Waals surface area contributed by atoms with Gasteiger partial charge in [0.2, 0.25) is 0 Å². The number of nitrogens with two attached hydrogens (primary N) is 1. The first-order valence-corrected chi connectivity index (χ1v) is 6.39. The van der Waals surface area contributed by atoms with Crippen molar-refractivity contribution in [3.63, 3.8) is 0 Å². The molecule has 1 fully saturated rings. The molecule has 3 N–H and O–H groups in total. The molecule has 15 heavy (non-hydrogen) atoms. The van der Waals surface area contributed by atoms with Gasteiger partial charge in [-0.2, -0.15) is 0 Å². The van der Waals surface area contributed by atoms with Crippen LogP contribution in [0.1, 0.15) is 58.3 Å². The zero-order valence-electron chi connectivity index (χ0n) is 9.97. The highest BCUT2D eigenvalue weighted by Crippen LogP contribution is 2.17. The first-order valence-electron chi connectivity index (χ1n) is 6.39. The maximum atomic E-state index is 5.81. The van der Waals surface area contributed by atoms with Gasteiger partial charge in [-0.05, 0) is 19.3 Å². The summed E-state index contributed by atoms with van der Waals surface area (Å²) in [5, 5.41) is 3.30. The van der Waals surface area contributed by atoms with Crippen LogP contribution in [0.5, 0.6) is 0 Å². The Labute approximate surface area is 93.5 Å². The van der Waals surface area contributed by atoms with Gasteiger partial charge in [-0.3, -0.25) is 4.99 Å². The van der Waals surface area contributed by atoms with Gasteiger partial charge in [0.25, 0.3) is 0 Å². The van der Waals surface area contributed by atoms with Crippen LogP contribution in [-0.4, -0.2) is 18.5 Å². The Balaban J connectivity index is 2.04. The van der Waals surface area contributed by atoms with Gasteiger partial charge in [-0.1, -0.05) is 39.0 Å². The minimum Gasteiger partial charge on any atom is -0.370 e. The van der Waals surface area contributed by atoms with E-state index in [0.29, 0.717) is 12.0 Å². The van der Waals surface area contributed by atoms with Gasteiger partial charge < -0.3 is 11.1 Å². The van der Waals surface area contributed by atoms with Gasteiger partial charge in [0.05, 0.1) is 0 Å². The van der Waals surface area contributed by atoms with E-state index in [9.17, 15) is 0 Å². The second-order valence-electron chi connectivity index (χ2n) is 4.45. The fourth-order valence-electron chi connectivity index (χ4n) is 2.06. The largest absolute Gasteiger partial charge is 0.370 e. The number of rotatable bonds is 6. The molecule has 1 rings (SSSR count). The van der Waals surface area contributed by atoms with Crippen LogP contribution in [0.2, 0.25) is 0 Å². The fourth-order valence-corrected chi connectivity index (χ4v) is 2.06. The molecule has 0 amide bonds. The fraction of sp³-hybridized carbons (Fsp3) is 0.917. The van der Waals surface area contributed by atoms with Crippen molar-refractivity contribution in [3.05, 3.63) is 0 Å². The molecule has 3 nitrogen and oxygen atoms in total. The Hall–Kier alpha value is -0.730. The minimum absolute atomic E-state index is 0.587. The van der Waals surface area contributed by atoms with Crippen molar-refractivity contribution in [1.29, 1.82) is 0 Å². The molecule has 0 aliphatic heterocycles. The summed E-state index contributed by atoms with van der Waals surface area (Å²) in [6, 6.07) is 0.587. The molecule has 0 aromatic rings. The maximum Gasteiger partial charge on any atom is 0.188 e. The van der Waals surface area contributed by atoms with Crippen molar-refractivity contribution in [1.82, 2.24) is 5.32 Å². The van der Waals surface area contributed by atoms with E-state index in [1.54, 1.807) is 0 Å². The lowest BCUT2D eigenvalue weighted by molar-refractivity contribution is 0.621. The highest BCUT2D eigenvalue weighted by Gasteiger charge is 2.14. The van der Waals surface area contributed by atoms with Gasteiger partial charge >= 0.3 is 0 Å². The van der Waals surface area contributed by atoms with Crippen molar-refractivity contribution in [2.75, 3.05) is 6.54 Å². The molecule has 88 valence electrons. The van der Waals surface area contributed by atoms with Gasteiger partial charge in [0, 0.05) is 12.6 Å². The summed E-state index contributed by atoms with van der Waals surface area (Å²) in [4.78, 5) is 4.34. The molecule has 0 aromatic heterocycles. The van der Waals surface area contributed by atoms with Crippen LogP contribution in [0, 0.1) is 0 Å². The summed E-state index contributed by atoms with van der Waals surface area (Å²) in [7, 11) is 0. The van der Waals surface area contributed by atoms with E-state index >= 15 is 0 Å². The van der Waals surface area contributed by atoms with Crippen molar-refractivity contribution in [2.45, 2.75) is 64.3 Å². The molecule has 1 aliphatic carbocycles. The molecule has 1 aliphatic rings. The monoisotopic (exact) mass is 211 g/mol. The number of hydrogen-bond donors (Lipinski definition) is 2. The smallest absolute Gasteiger partial charge is 0.188 e. The Morgan fingerprint density at radius 3 is 2.67 bits per heavy atom. The second kappa shape index (κ2) is 7.55. The average molecular weight is 211 g/mol. The molecule has 0 unspecified atom stereocenters. The maximum absolute atomic E-state index is 5.81. The first kappa shape index (κ1) is 12.3. The van der Waals surface area contributed by atoms with Crippen molar-refractivity contribution >= 4 is 5.96 Å². The summed E-state index contributed by atoms with van der Waals surface area (Å²) in [5.74, 6) is 0.651. The van der Waals surface area contributed by atoms with E-state index in [-0.39, 0.29) is 0 Å². The number of guanidine groups is 1. The predicted molar refractivity (Wildman–Crippen MR) is 66.0 cm³/mol. The third-order valence-corrected chi connectivity index (χ3v) is 3.00. The lowest BCUT2D eigenvalue weighted by Crippen LogP contribution is -2.38. The summed E-state index contributed by atoms with van der Waals surface area (Å²) in [5.41, 5.74) is 5.81. The van der Waals surface area contributed by atoms with Crippen LogP contribution >= 0.6 is 0 Å². The molecule has 3 heteroatoms.